The summed E-state index contributed by atoms with van der Waals surface area (Å²) in [6.45, 7) is 6.13. The number of carbonyl (C=O) groups is 1. The monoisotopic (exact) mass is 827 g/mol. The Hall–Kier alpha value is 0.0705. The summed E-state index contributed by atoms with van der Waals surface area (Å²) in [7, 11) is -3.97. The van der Waals surface area contributed by atoms with Crippen LogP contribution in [0.2, 0.25) is 0 Å². The van der Waals surface area contributed by atoms with Crippen molar-refractivity contribution in [2.45, 2.75) is 32.1 Å². The summed E-state index contributed by atoms with van der Waals surface area (Å²) in [5.74, 6) is -0.287. The first-order valence-corrected chi connectivity index (χ1v) is 9.71. The third-order valence-corrected chi connectivity index (χ3v) is 5.51. The number of sulfonamides is 1. The number of carbonyl (C=O) groups excluding carboxylic acids is 1. The van der Waals surface area contributed by atoms with Crippen molar-refractivity contribution in [2.24, 2.45) is 0 Å². The summed E-state index contributed by atoms with van der Waals surface area (Å²) in [6, 6.07) is 9.06. The van der Waals surface area contributed by atoms with E-state index in [1.165, 1.54) is 12.1 Å². The zero-order chi connectivity index (χ0) is 18.9. The molecule has 1 aliphatic heterocycles. The number of anilines is 1. The van der Waals surface area contributed by atoms with Gasteiger partial charge in [0.1, 0.15) is 0 Å². The van der Waals surface area contributed by atoms with E-state index in [0.717, 1.165) is 18.0 Å². The Morgan fingerprint density at radius 3 is 2.55 bits per heavy atom. The number of hydrogen-bond acceptors (Lipinski definition) is 5. The van der Waals surface area contributed by atoms with Crippen LogP contribution in [0.1, 0.15) is 34.8 Å². The van der Waals surface area contributed by atoms with Crippen molar-refractivity contribution in [3.8, 4) is 0 Å². The molecule has 10 heteroatoms. The van der Waals surface area contributed by atoms with Gasteiger partial charge in [-0.2, -0.15) is 19.5 Å². The fourth-order valence-corrected chi connectivity index (χ4v) is 3.91. The van der Waals surface area contributed by atoms with E-state index in [-0.39, 0.29) is 85.3 Å². The molecule has 0 aliphatic carbocycles. The molecule has 2 heterocycles. The third-order valence-electron chi connectivity index (χ3n) is 4.18. The number of benzene rings is 1. The number of nitrogens with zero attached hydrogens (tertiary/aromatic N) is 2. The van der Waals surface area contributed by atoms with Gasteiger partial charge in [0, 0.05) is 74.8 Å². The van der Waals surface area contributed by atoms with E-state index < -0.39 is 15.9 Å². The summed E-state index contributed by atoms with van der Waals surface area (Å²) in [5.41, 5.74) is 1.67. The standard InChI is InChI=1S/C19H20N3O3S.2W.Y/c1-13-6-4-8-16(10-13)26(24,25)21-19(23)17-11-14(2)12-20-18(17)22-9-5-7-15(22)3;;;/h4-6,8,10-11H,7,9H2,1-3H3,(H,21,23);;;/q-3;;;. The Kier molecular flexibility index (Phi) is 12.2. The minimum atomic E-state index is -3.97. The van der Waals surface area contributed by atoms with Gasteiger partial charge in [-0.25, -0.2) is 13.1 Å². The van der Waals surface area contributed by atoms with Crippen molar-refractivity contribution in [3.05, 3.63) is 65.7 Å². The molecule has 0 unspecified atom stereocenters. The molecule has 1 radical (unpaired) electrons. The predicted molar refractivity (Wildman–Crippen MR) is 98.8 cm³/mol. The number of rotatable bonds is 4. The average Bonchev–Trinajstić information content (AvgIpc) is 3.00. The Morgan fingerprint density at radius 2 is 1.97 bits per heavy atom. The van der Waals surface area contributed by atoms with Crippen LogP contribution in [0.5, 0.6) is 0 Å². The molecule has 1 N–H and O–H groups in total. The minimum absolute atomic E-state index is 0. The molecule has 1 aliphatic rings. The topological polar surface area (TPSA) is 79.4 Å². The van der Waals surface area contributed by atoms with Gasteiger partial charge in [0.05, 0.1) is 4.90 Å². The van der Waals surface area contributed by atoms with Crippen molar-refractivity contribution in [1.82, 2.24) is 9.71 Å². The van der Waals surface area contributed by atoms with Crippen LogP contribution in [0.4, 0.5) is 5.82 Å². The quantitative estimate of drug-likeness (QED) is 0.481. The molecule has 1 aromatic carbocycles. The van der Waals surface area contributed by atoms with Crippen LogP contribution in [0.15, 0.2) is 35.2 Å². The molecule has 6 nitrogen and oxygen atoms in total. The molecule has 1 saturated heterocycles. The van der Waals surface area contributed by atoms with Crippen LogP contribution in [-0.2, 0) is 84.9 Å². The van der Waals surface area contributed by atoms with Crippen LogP contribution >= 0.6 is 0 Å². The van der Waals surface area contributed by atoms with Crippen LogP contribution in [-0.4, -0.2) is 25.9 Å². The number of nitrogens with one attached hydrogen (secondary N) is 1. The van der Waals surface area contributed by atoms with Gasteiger partial charge < -0.3 is 16.3 Å². The Bertz CT molecular complexity index is 957. The van der Waals surface area contributed by atoms with Crippen LogP contribution in [0.25, 0.3) is 0 Å². The van der Waals surface area contributed by atoms with Crippen LogP contribution < -0.4 is 9.62 Å². The van der Waals surface area contributed by atoms with Crippen molar-refractivity contribution < 1.29 is 88.1 Å². The molecule has 0 saturated carbocycles. The first-order chi connectivity index (χ1) is 12.3. The Balaban J connectivity index is 0.00000261. The SMILES string of the molecule is Cc1[c-]nc(N2C[CH-]C[C-]2C)c(C(=O)NS(=O)(=O)c2cccc(C)c2)c1.[W].[W].[Y]. The summed E-state index contributed by atoms with van der Waals surface area (Å²) in [6.07, 6.45) is 5.72. The fourth-order valence-electron chi connectivity index (χ4n) is 2.84. The van der Waals surface area contributed by atoms with Crippen molar-refractivity contribution in [2.75, 3.05) is 11.4 Å². The maximum Gasteiger partial charge on any atom is 0.264 e. The zero-order valence-electron chi connectivity index (χ0n) is 16.3. The van der Waals surface area contributed by atoms with Crippen molar-refractivity contribution >= 4 is 21.7 Å². The largest absolute Gasteiger partial charge is 0.584 e. The van der Waals surface area contributed by atoms with Crippen LogP contribution in [0.3, 0.4) is 0 Å². The summed E-state index contributed by atoms with van der Waals surface area (Å²) in [4.78, 5) is 19.0. The summed E-state index contributed by atoms with van der Waals surface area (Å²) in [5, 5.41) is 0. The molecule has 0 atom stereocenters. The predicted octanol–water partition coefficient (Wildman–Crippen LogP) is 2.58. The van der Waals surface area contributed by atoms with Gasteiger partial charge in [-0.3, -0.25) is 17.3 Å². The zero-order valence-corrected chi connectivity index (χ0v) is 25.8. The van der Waals surface area contributed by atoms with E-state index in [9.17, 15) is 13.2 Å². The first kappa shape index (κ1) is 29.1. The van der Waals surface area contributed by atoms with Gasteiger partial charge in [-0.15, -0.1) is 5.56 Å². The van der Waals surface area contributed by atoms with Crippen molar-refractivity contribution in [1.29, 1.82) is 0 Å². The first-order valence-electron chi connectivity index (χ1n) is 8.23. The maximum atomic E-state index is 12.8. The Morgan fingerprint density at radius 1 is 1.28 bits per heavy atom. The Labute approximate surface area is 226 Å². The van der Waals surface area contributed by atoms with Gasteiger partial charge >= 0.3 is 0 Å². The number of aromatic nitrogens is 1. The molecule has 1 fully saturated rings. The third kappa shape index (κ3) is 7.04. The molecular formula is C19H20N3O3SW2Y-3. The van der Waals surface area contributed by atoms with E-state index in [1.54, 1.807) is 32.0 Å². The van der Waals surface area contributed by atoms with Gasteiger partial charge in [-0.05, 0) is 36.0 Å². The van der Waals surface area contributed by atoms with E-state index in [1.807, 2.05) is 11.8 Å². The minimum Gasteiger partial charge on any atom is -0.584 e. The molecule has 153 valence electrons. The van der Waals surface area contributed by atoms with Crippen LogP contribution in [0, 0.1) is 32.5 Å². The number of hydrogen-bond donors (Lipinski definition) is 1. The molecule has 2 aromatic rings. The molecule has 1 amide bonds. The van der Waals surface area contributed by atoms with E-state index in [4.69, 9.17) is 0 Å². The fraction of sp³-hybridized carbons (Fsp3) is 0.263. The average molecular weight is 827 g/mol. The smallest absolute Gasteiger partial charge is 0.264 e. The number of amides is 1. The number of pyridine rings is 1. The second-order valence-electron chi connectivity index (χ2n) is 6.38. The molecule has 0 spiro atoms. The van der Waals surface area contributed by atoms with E-state index in [0.29, 0.717) is 17.9 Å². The molecule has 0 bridgehead atoms. The van der Waals surface area contributed by atoms with Gasteiger partial charge in [0.2, 0.25) is 5.91 Å². The molecule has 29 heavy (non-hydrogen) atoms. The van der Waals surface area contributed by atoms with Gasteiger partial charge in [0.15, 0.2) is 0 Å². The van der Waals surface area contributed by atoms with Crippen molar-refractivity contribution in [3.63, 3.8) is 0 Å². The molecule has 1 aromatic heterocycles. The van der Waals surface area contributed by atoms with Gasteiger partial charge in [-0.1, -0.05) is 25.3 Å². The second-order valence-corrected chi connectivity index (χ2v) is 8.06. The summed E-state index contributed by atoms with van der Waals surface area (Å²) >= 11 is 0. The normalized spacial score (nSPS) is 13.7. The summed E-state index contributed by atoms with van der Waals surface area (Å²) < 4.78 is 27.3. The number of aryl methyl sites for hydroxylation is 2. The second kappa shape index (κ2) is 12.2. The van der Waals surface area contributed by atoms with Gasteiger partial charge in [0.25, 0.3) is 10.0 Å². The molecule has 3 rings (SSSR count). The maximum absolute atomic E-state index is 12.8. The van der Waals surface area contributed by atoms with E-state index >= 15 is 0 Å². The molecular weight excluding hydrogens is 807 g/mol. The van der Waals surface area contributed by atoms with E-state index in [2.05, 4.69) is 22.3 Å².